The summed E-state index contributed by atoms with van der Waals surface area (Å²) in [6, 6.07) is 12.3. The molecule has 3 nitrogen and oxygen atoms in total. The minimum Gasteiger partial charge on any atom is -0.494 e. The van der Waals surface area contributed by atoms with Crippen molar-refractivity contribution in [3.05, 3.63) is 58.7 Å². The Balaban J connectivity index is 2.14. The minimum atomic E-state index is 0.0470. The number of carbonyl (C=O) groups is 1. The van der Waals surface area contributed by atoms with Crippen LogP contribution in [0.3, 0.4) is 0 Å². The fraction of sp³-hybridized carbons (Fsp3) is 0.316. The molecule has 0 aliphatic carbocycles. The number of hydrogen-bond acceptors (Lipinski definition) is 2. The second-order valence-corrected chi connectivity index (χ2v) is 5.75. The Morgan fingerprint density at radius 2 is 1.91 bits per heavy atom. The number of nitrogens with one attached hydrogen (secondary N) is 1. The molecule has 0 bridgehead atoms. The lowest BCUT2D eigenvalue weighted by Crippen LogP contribution is -2.24. The molecule has 1 atom stereocenters. The summed E-state index contributed by atoms with van der Waals surface area (Å²) in [4.78, 5) is 12.2. The Morgan fingerprint density at radius 1 is 1.14 bits per heavy atom. The Labute approximate surface area is 131 Å². The van der Waals surface area contributed by atoms with Crippen molar-refractivity contribution < 1.29 is 9.53 Å². The van der Waals surface area contributed by atoms with Crippen LogP contribution in [0, 0.1) is 13.8 Å². The quantitative estimate of drug-likeness (QED) is 0.922. The van der Waals surface area contributed by atoms with Gasteiger partial charge in [0.05, 0.1) is 6.61 Å². The molecule has 1 aliphatic rings. The van der Waals surface area contributed by atoms with Crippen LogP contribution in [-0.4, -0.2) is 12.5 Å². The van der Waals surface area contributed by atoms with Crippen LogP contribution in [0.2, 0.25) is 0 Å². The summed E-state index contributed by atoms with van der Waals surface area (Å²) >= 11 is 0. The predicted molar refractivity (Wildman–Crippen MR) is 88.6 cm³/mol. The molecular weight excluding hydrogens is 274 g/mol. The molecule has 2 aromatic carbocycles. The Kier molecular flexibility index (Phi) is 3.88. The molecule has 1 heterocycles. The number of amides is 1. The zero-order chi connectivity index (χ0) is 15.7. The summed E-state index contributed by atoms with van der Waals surface area (Å²) in [5.74, 6) is 0.983. The maximum Gasteiger partial charge on any atom is 0.225 e. The van der Waals surface area contributed by atoms with Crippen molar-refractivity contribution in [3.63, 3.8) is 0 Å². The highest BCUT2D eigenvalue weighted by Crippen LogP contribution is 2.42. The van der Waals surface area contributed by atoms with Crippen LogP contribution >= 0.6 is 0 Å². The first-order chi connectivity index (χ1) is 10.6. The van der Waals surface area contributed by atoms with Gasteiger partial charge in [-0.15, -0.1) is 0 Å². The van der Waals surface area contributed by atoms with E-state index in [9.17, 15) is 4.79 Å². The van der Waals surface area contributed by atoms with E-state index in [1.807, 2.05) is 25.1 Å². The zero-order valence-electron chi connectivity index (χ0n) is 13.3. The standard InChI is InChI=1S/C19H21NO2/c1-4-22-17-8-6-5-7-14(17)16-11-18(21)20-19-13(3)12(2)9-10-15(16)19/h5-10,16H,4,11H2,1-3H3,(H,20,21). The van der Waals surface area contributed by atoms with E-state index in [-0.39, 0.29) is 11.8 Å². The lowest BCUT2D eigenvalue weighted by molar-refractivity contribution is -0.116. The molecule has 0 aromatic heterocycles. The third kappa shape index (κ3) is 2.47. The zero-order valence-corrected chi connectivity index (χ0v) is 13.3. The van der Waals surface area contributed by atoms with Gasteiger partial charge in [0, 0.05) is 23.6 Å². The van der Waals surface area contributed by atoms with Crippen LogP contribution in [0.25, 0.3) is 0 Å². The molecule has 0 saturated carbocycles. The molecule has 2 aromatic rings. The number of rotatable bonds is 3. The number of fused-ring (bicyclic) bond motifs is 1. The summed E-state index contributed by atoms with van der Waals surface area (Å²) < 4.78 is 5.76. The van der Waals surface area contributed by atoms with Crippen molar-refractivity contribution in [2.75, 3.05) is 11.9 Å². The number of benzene rings is 2. The molecule has 0 spiro atoms. The summed E-state index contributed by atoms with van der Waals surface area (Å²) in [5.41, 5.74) is 5.56. The van der Waals surface area contributed by atoms with Crippen LogP contribution < -0.4 is 10.1 Å². The molecule has 0 saturated heterocycles. The minimum absolute atomic E-state index is 0.0470. The monoisotopic (exact) mass is 295 g/mol. The highest BCUT2D eigenvalue weighted by atomic mass is 16.5. The molecule has 1 unspecified atom stereocenters. The molecule has 22 heavy (non-hydrogen) atoms. The number of carbonyl (C=O) groups excluding carboxylic acids is 1. The van der Waals surface area contributed by atoms with E-state index in [2.05, 4.69) is 37.4 Å². The summed E-state index contributed by atoms with van der Waals surface area (Å²) in [7, 11) is 0. The van der Waals surface area contributed by atoms with Crippen LogP contribution in [0.5, 0.6) is 5.75 Å². The van der Waals surface area contributed by atoms with E-state index in [0.29, 0.717) is 13.0 Å². The van der Waals surface area contributed by atoms with Crippen molar-refractivity contribution in [1.29, 1.82) is 0 Å². The second kappa shape index (κ2) is 5.84. The SMILES string of the molecule is CCOc1ccccc1C1CC(=O)Nc2c1ccc(C)c2C. The highest BCUT2D eigenvalue weighted by Gasteiger charge is 2.29. The lowest BCUT2D eigenvalue weighted by atomic mass is 9.82. The molecule has 0 radical (unpaired) electrons. The maximum absolute atomic E-state index is 12.2. The van der Waals surface area contributed by atoms with Gasteiger partial charge in [0.1, 0.15) is 5.75 Å². The highest BCUT2D eigenvalue weighted by molar-refractivity contribution is 5.96. The average molecular weight is 295 g/mol. The summed E-state index contributed by atoms with van der Waals surface area (Å²) in [5, 5.41) is 3.04. The largest absolute Gasteiger partial charge is 0.494 e. The normalized spacial score (nSPS) is 16.9. The van der Waals surface area contributed by atoms with Crippen molar-refractivity contribution >= 4 is 11.6 Å². The van der Waals surface area contributed by atoms with Crippen molar-refractivity contribution in [1.82, 2.24) is 0 Å². The van der Waals surface area contributed by atoms with Crippen LogP contribution in [0.15, 0.2) is 36.4 Å². The first kappa shape index (κ1) is 14.6. The second-order valence-electron chi connectivity index (χ2n) is 5.75. The fourth-order valence-electron chi connectivity index (χ4n) is 3.11. The molecular formula is C19H21NO2. The summed E-state index contributed by atoms with van der Waals surface area (Å²) in [6.07, 6.45) is 0.458. The van der Waals surface area contributed by atoms with Crippen molar-refractivity contribution in [3.8, 4) is 5.75 Å². The van der Waals surface area contributed by atoms with Crippen LogP contribution in [0.4, 0.5) is 5.69 Å². The van der Waals surface area contributed by atoms with E-state index in [0.717, 1.165) is 22.6 Å². The van der Waals surface area contributed by atoms with E-state index in [1.54, 1.807) is 0 Å². The van der Waals surface area contributed by atoms with Gasteiger partial charge in [-0.25, -0.2) is 0 Å². The van der Waals surface area contributed by atoms with Crippen LogP contribution in [0.1, 0.15) is 41.5 Å². The topological polar surface area (TPSA) is 38.3 Å². The maximum atomic E-state index is 12.2. The lowest BCUT2D eigenvalue weighted by Gasteiger charge is -2.29. The molecule has 3 rings (SSSR count). The number of ether oxygens (including phenoxy) is 1. The van der Waals surface area contributed by atoms with Crippen molar-refractivity contribution in [2.45, 2.75) is 33.1 Å². The Hall–Kier alpha value is -2.29. The van der Waals surface area contributed by atoms with E-state index < -0.39 is 0 Å². The van der Waals surface area contributed by atoms with Gasteiger partial charge in [-0.2, -0.15) is 0 Å². The van der Waals surface area contributed by atoms with Gasteiger partial charge >= 0.3 is 0 Å². The molecule has 3 heteroatoms. The average Bonchev–Trinajstić information content (AvgIpc) is 2.52. The Bertz CT molecular complexity index is 721. The molecule has 1 aliphatic heterocycles. The first-order valence-corrected chi connectivity index (χ1v) is 7.73. The molecule has 1 N–H and O–H groups in total. The van der Waals surface area contributed by atoms with Gasteiger partial charge in [-0.1, -0.05) is 30.3 Å². The molecule has 1 amide bonds. The van der Waals surface area contributed by atoms with Gasteiger partial charge in [0.25, 0.3) is 0 Å². The third-order valence-corrected chi connectivity index (χ3v) is 4.39. The van der Waals surface area contributed by atoms with E-state index in [1.165, 1.54) is 11.1 Å². The van der Waals surface area contributed by atoms with Gasteiger partial charge in [0.15, 0.2) is 0 Å². The van der Waals surface area contributed by atoms with Gasteiger partial charge in [0.2, 0.25) is 5.91 Å². The number of hydrogen-bond donors (Lipinski definition) is 1. The third-order valence-electron chi connectivity index (χ3n) is 4.39. The van der Waals surface area contributed by atoms with Crippen LogP contribution in [-0.2, 0) is 4.79 Å². The predicted octanol–water partition coefficient (Wildman–Crippen LogP) is 4.18. The fourth-order valence-corrected chi connectivity index (χ4v) is 3.11. The van der Waals surface area contributed by atoms with E-state index >= 15 is 0 Å². The Morgan fingerprint density at radius 3 is 2.68 bits per heavy atom. The number of para-hydroxylation sites is 1. The summed E-state index contributed by atoms with van der Waals surface area (Å²) in [6.45, 7) is 6.73. The van der Waals surface area contributed by atoms with Gasteiger partial charge in [-0.3, -0.25) is 4.79 Å². The van der Waals surface area contributed by atoms with Crippen molar-refractivity contribution in [2.24, 2.45) is 0 Å². The number of aryl methyl sites for hydroxylation is 1. The molecule has 114 valence electrons. The molecule has 0 fully saturated rings. The van der Waals surface area contributed by atoms with Gasteiger partial charge in [-0.05, 0) is 43.5 Å². The first-order valence-electron chi connectivity index (χ1n) is 7.73. The number of anilines is 1. The smallest absolute Gasteiger partial charge is 0.225 e. The van der Waals surface area contributed by atoms with E-state index in [4.69, 9.17) is 4.74 Å². The van der Waals surface area contributed by atoms with Gasteiger partial charge < -0.3 is 10.1 Å².